The van der Waals surface area contributed by atoms with Crippen LogP contribution in [0, 0.1) is 17.8 Å². The van der Waals surface area contributed by atoms with Gasteiger partial charge in [-0.2, -0.15) is 0 Å². The van der Waals surface area contributed by atoms with Crippen LogP contribution >= 0.6 is 0 Å². The van der Waals surface area contributed by atoms with Gasteiger partial charge in [0, 0.05) is 25.2 Å². The minimum absolute atomic E-state index is 0.0179. The summed E-state index contributed by atoms with van der Waals surface area (Å²) in [5.74, 6) is -0.264. The molecule has 0 aromatic heterocycles. The summed E-state index contributed by atoms with van der Waals surface area (Å²) in [6.07, 6.45) is 11.2. The third-order valence-corrected chi connectivity index (χ3v) is 8.17. The lowest BCUT2D eigenvalue weighted by molar-refractivity contribution is -0.144. The summed E-state index contributed by atoms with van der Waals surface area (Å²) < 4.78 is 0. The molecule has 7 heteroatoms. The summed E-state index contributed by atoms with van der Waals surface area (Å²) in [5.41, 5.74) is 2.76. The van der Waals surface area contributed by atoms with Crippen LogP contribution in [0.5, 0.6) is 0 Å². The van der Waals surface area contributed by atoms with Gasteiger partial charge < -0.3 is 20.6 Å². The predicted octanol–water partition coefficient (Wildman–Crippen LogP) is 4.35. The molecule has 1 atom stereocenters. The second-order valence-corrected chi connectivity index (χ2v) is 10.8. The molecular weight excluding hydrogens is 442 g/mol. The number of nitrogens with one attached hydrogen (secondary N) is 2. The number of hydrogen-bond acceptors (Lipinski definition) is 4. The topological polar surface area (TPSA) is 98.7 Å². The molecule has 2 amide bonds. The maximum absolute atomic E-state index is 13.3. The third kappa shape index (κ3) is 7.53. The molecule has 1 saturated heterocycles. The number of rotatable bonds is 9. The summed E-state index contributed by atoms with van der Waals surface area (Å²) in [6.45, 7) is 3.27. The van der Waals surface area contributed by atoms with Crippen LogP contribution in [-0.2, 0) is 27.3 Å². The van der Waals surface area contributed by atoms with E-state index < -0.39 is 11.9 Å². The van der Waals surface area contributed by atoms with E-state index in [1.165, 1.54) is 32.1 Å². The van der Waals surface area contributed by atoms with E-state index in [2.05, 4.69) is 10.6 Å². The summed E-state index contributed by atoms with van der Waals surface area (Å²) in [5, 5.41) is 15.8. The fourth-order valence-electron chi connectivity index (χ4n) is 6.05. The smallest absolute Gasteiger partial charge is 0.304 e. The first-order valence-corrected chi connectivity index (χ1v) is 13.6. The molecule has 1 aromatic rings. The molecule has 192 valence electrons. The van der Waals surface area contributed by atoms with Crippen LogP contribution in [0.25, 0.3) is 0 Å². The van der Waals surface area contributed by atoms with E-state index in [0.717, 1.165) is 55.6 Å². The van der Waals surface area contributed by atoms with Gasteiger partial charge in [0.25, 0.3) is 0 Å². The molecule has 7 nitrogen and oxygen atoms in total. The molecule has 1 unspecified atom stereocenters. The highest BCUT2D eigenvalue weighted by atomic mass is 16.4. The van der Waals surface area contributed by atoms with Crippen molar-refractivity contribution in [1.82, 2.24) is 10.2 Å². The predicted molar refractivity (Wildman–Crippen MR) is 136 cm³/mol. The van der Waals surface area contributed by atoms with E-state index in [-0.39, 0.29) is 18.2 Å². The molecule has 1 aliphatic carbocycles. The van der Waals surface area contributed by atoms with Gasteiger partial charge in [0.2, 0.25) is 11.8 Å². The van der Waals surface area contributed by atoms with Crippen molar-refractivity contribution in [2.45, 2.75) is 83.6 Å². The first-order valence-electron chi connectivity index (χ1n) is 13.6. The molecule has 2 aliphatic heterocycles. The third-order valence-electron chi connectivity index (χ3n) is 8.17. The minimum Gasteiger partial charge on any atom is -0.481 e. The van der Waals surface area contributed by atoms with Crippen LogP contribution in [0.3, 0.4) is 0 Å². The Morgan fingerprint density at radius 2 is 1.74 bits per heavy atom. The monoisotopic (exact) mass is 483 g/mol. The molecule has 3 aliphatic rings. The van der Waals surface area contributed by atoms with Gasteiger partial charge in [0.15, 0.2) is 0 Å². The SMILES string of the molecule is O=C(O)CC1Cc2cc(NC(=O)CCC3CCNCC3)ccc2CN(CCC2CCCCC2)C1=O. The largest absolute Gasteiger partial charge is 0.481 e. The molecular formula is C28H41N3O4. The number of amides is 2. The fourth-order valence-corrected chi connectivity index (χ4v) is 6.05. The van der Waals surface area contributed by atoms with Crippen LogP contribution in [-0.4, -0.2) is 47.4 Å². The molecule has 1 saturated carbocycles. The van der Waals surface area contributed by atoms with Crippen molar-refractivity contribution in [1.29, 1.82) is 0 Å². The Hall–Kier alpha value is -2.41. The number of carboxylic acid groups (broad SMARTS) is 1. The van der Waals surface area contributed by atoms with Crippen molar-refractivity contribution >= 4 is 23.5 Å². The zero-order valence-electron chi connectivity index (χ0n) is 20.9. The van der Waals surface area contributed by atoms with Crippen LogP contribution < -0.4 is 10.6 Å². The molecule has 35 heavy (non-hydrogen) atoms. The lowest BCUT2D eigenvalue weighted by atomic mass is 9.87. The first kappa shape index (κ1) is 25.7. The Morgan fingerprint density at radius 1 is 1.00 bits per heavy atom. The molecule has 2 fully saturated rings. The lowest BCUT2D eigenvalue weighted by Crippen LogP contribution is -2.37. The molecule has 0 bridgehead atoms. The van der Waals surface area contributed by atoms with Gasteiger partial charge in [-0.05, 0) is 80.3 Å². The number of benzene rings is 1. The molecule has 4 rings (SSSR count). The van der Waals surface area contributed by atoms with Crippen molar-refractivity contribution in [3.8, 4) is 0 Å². The molecule has 2 heterocycles. The number of carboxylic acids is 1. The second-order valence-electron chi connectivity index (χ2n) is 10.8. The van der Waals surface area contributed by atoms with Crippen molar-refractivity contribution in [3.63, 3.8) is 0 Å². The van der Waals surface area contributed by atoms with Crippen LogP contribution in [0.1, 0.15) is 81.8 Å². The Bertz CT molecular complexity index is 890. The average Bonchev–Trinajstić information content (AvgIpc) is 2.98. The number of carbonyl (C=O) groups excluding carboxylic acids is 2. The van der Waals surface area contributed by atoms with E-state index >= 15 is 0 Å². The fraction of sp³-hybridized carbons (Fsp3) is 0.679. The van der Waals surface area contributed by atoms with Gasteiger partial charge in [0.1, 0.15) is 0 Å². The number of carbonyl (C=O) groups is 3. The second kappa shape index (κ2) is 12.5. The van der Waals surface area contributed by atoms with E-state index in [0.29, 0.717) is 37.8 Å². The van der Waals surface area contributed by atoms with E-state index in [4.69, 9.17) is 0 Å². The highest BCUT2D eigenvalue weighted by Gasteiger charge is 2.31. The van der Waals surface area contributed by atoms with E-state index in [1.54, 1.807) is 0 Å². The number of aliphatic carboxylic acids is 1. The van der Waals surface area contributed by atoms with Gasteiger partial charge in [-0.25, -0.2) is 0 Å². The maximum atomic E-state index is 13.3. The van der Waals surface area contributed by atoms with Gasteiger partial charge in [-0.1, -0.05) is 38.2 Å². The van der Waals surface area contributed by atoms with Crippen molar-refractivity contribution < 1.29 is 19.5 Å². The molecule has 0 radical (unpaired) electrons. The highest BCUT2D eigenvalue weighted by Crippen LogP contribution is 2.30. The minimum atomic E-state index is -0.943. The standard InChI is InChI=1S/C28H41N3O4/c32-26(9-6-21-10-13-29-14-11-21)30-25-8-7-22-19-31(15-12-20-4-2-1-3-5-20)28(35)24(18-27(33)34)16-23(22)17-25/h7-8,17,20-21,24,29H,1-6,9-16,18-19H2,(H,30,32)(H,33,34). The van der Waals surface area contributed by atoms with Gasteiger partial charge >= 0.3 is 5.97 Å². The van der Waals surface area contributed by atoms with E-state index in [9.17, 15) is 19.5 Å². The maximum Gasteiger partial charge on any atom is 0.304 e. The highest BCUT2D eigenvalue weighted by molar-refractivity contribution is 5.91. The van der Waals surface area contributed by atoms with Crippen LogP contribution in [0.15, 0.2) is 18.2 Å². The number of fused-ring (bicyclic) bond motifs is 1. The molecule has 0 spiro atoms. The molecule has 3 N–H and O–H groups in total. The Morgan fingerprint density at radius 3 is 2.49 bits per heavy atom. The van der Waals surface area contributed by atoms with Gasteiger partial charge in [0.05, 0.1) is 12.3 Å². The average molecular weight is 484 g/mol. The van der Waals surface area contributed by atoms with Crippen molar-refractivity contribution in [3.05, 3.63) is 29.3 Å². The summed E-state index contributed by atoms with van der Waals surface area (Å²) in [7, 11) is 0. The number of hydrogen-bond donors (Lipinski definition) is 3. The zero-order valence-corrected chi connectivity index (χ0v) is 20.9. The quantitative estimate of drug-likeness (QED) is 0.485. The van der Waals surface area contributed by atoms with Gasteiger partial charge in [-0.3, -0.25) is 14.4 Å². The Balaban J connectivity index is 1.40. The van der Waals surface area contributed by atoms with Crippen LogP contribution in [0.2, 0.25) is 0 Å². The normalized spacial score (nSPS) is 21.9. The van der Waals surface area contributed by atoms with E-state index in [1.807, 2.05) is 23.1 Å². The Kier molecular flexibility index (Phi) is 9.18. The van der Waals surface area contributed by atoms with Gasteiger partial charge in [-0.15, -0.1) is 0 Å². The Labute approximate surface area is 209 Å². The van der Waals surface area contributed by atoms with Crippen molar-refractivity contribution in [2.24, 2.45) is 17.8 Å². The number of piperidine rings is 1. The summed E-state index contributed by atoms with van der Waals surface area (Å²) >= 11 is 0. The number of anilines is 1. The van der Waals surface area contributed by atoms with Crippen molar-refractivity contribution in [2.75, 3.05) is 25.0 Å². The lowest BCUT2D eigenvalue weighted by Gasteiger charge is -2.28. The number of nitrogens with zero attached hydrogens (tertiary/aromatic N) is 1. The first-order chi connectivity index (χ1) is 17.0. The summed E-state index contributed by atoms with van der Waals surface area (Å²) in [4.78, 5) is 39.3. The zero-order chi connectivity index (χ0) is 24.6. The summed E-state index contributed by atoms with van der Waals surface area (Å²) in [6, 6.07) is 5.87. The molecule has 1 aromatic carbocycles. The van der Waals surface area contributed by atoms with Crippen LogP contribution in [0.4, 0.5) is 5.69 Å².